The van der Waals surface area contributed by atoms with E-state index in [1.165, 1.54) is 7.11 Å². The van der Waals surface area contributed by atoms with Gasteiger partial charge in [-0.05, 0) is 6.42 Å². The molecule has 0 aliphatic carbocycles. The van der Waals surface area contributed by atoms with Gasteiger partial charge in [0.1, 0.15) is 5.82 Å². The third kappa shape index (κ3) is 2.26. The van der Waals surface area contributed by atoms with Gasteiger partial charge in [-0.25, -0.2) is 4.98 Å². The fourth-order valence-electron chi connectivity index (χ4n) is 2.54. The average molecular weight is 256 g/mol. The van der Waals surface area contributed by atoms with Crippen LogP contribution in [0.5, 0.6) is 0 Å². The number of carbonyl (C=O) groups is 1. The summed E-state index contributed by atoms with van der Waals surface area (Å²) in [6, 6.07) is 10.1. The van der Waals surface area contributed by atoms with E-state index in [0.29, 0.717) is 6.42 Å². The van der Waals surface area contributed by atoms with Crippen molar-refractivity contribution in [1.29, 1.82) is 0 Å². The van der Waals surface area contributed by atoms with Crippen molar-refractivity contribution in [2.45, 2.75) is 19.4 Å². The minimum Gasteiger partial charge on any atom is -0.469 e. The molecular weight excluding hydrogens is 240 g/mol. The highest BCUT2D eigenvalue weighted by molar-refractivity contribution is 5.72. The van der Waals surface area contributed by atoms with Gasteiger partial charge < -0.3 is 9.30 Å². The van der Waals surface area contributed by atoms with Crippen molar-refractivity contribution < 1.29 is 9.53 Å². The second-order valence-electron chi connectivity index (χ2n) is 4.81. The van der Waals surface area contributed by atoms with Gasteiger partial charge >= 0.3 is 5.97 Å². The predicted molar refractivity (Wildman–Crippen MR) is 71.5 cm³/mol. The van der Waals surface area contributed by atoms with Crippen LogP contribution in [0.25, 0.3) is 11.3 Å². The topological polar surface area (TPSA) is 44.1 Å². The van der Waals surface area contributed by atoms with Crippen LogP contribution in [0.15, 0.2) is 36.5 Å². The summed E-state index contributed by atoms with van der Waals surface area (Å²) in [5.41, 5.74) is 2.08. The Hall–Kier alpha value is -2.10. The van der Waals surface area contributed by atoms with Gasteiger partial charge in [0.15, 0.2) is 0 Å². The summed E-state index contributed by atoms with van der Waals surface area (Å²) in [4.78, 5) is 16.2. The van der Waals surface area contributed by atoms with Crippen molar-refractivity contribution in [3.8, 4) is 11.3 Å². The molecule has 4 heteroatoms. The molecule has 0 saturated heterocycles. The summed E-state index contributed by atoms with van der Waals surface area (Å²) >= 11 is 0. The molecule has 1 aromatic carbocycles. The summed E-state index contributed by atoms with van der Waals surface area (Å²) in [6.45, 7) is 0.828. The molecule has 0 N–H and O–H groups in total. The highest BCUT2D eigenvalue weighted by atomic mass is 16.5. The Morgan fingerprint density at radius 3 is 2.89 bits per heavy atom. The molecule has 1 aliphatic heterocycles. The van der Waals surface area contributed by atoms with E-state index in [1.54, 1.807) is 0 Å². The van der Waals surface area contributed by atoms with Crippen LogP contribution in [0.1, 0.15) is 12.2 Å². The second-order valence-corrected chi connectivity index (χ2v) is 4.81. The quantitative estimate of drug-likeness (QED) is 0.774. The molecule has 2 aromatic rings. The van der Waals surface area contributed by atoms with Crippen LogP contribution >= 0.6 is 0 Å². The molecule has 0 radical (unpaired) electrons. The van der Waals surface area contributed by atoms with Crippen molar-refractivity contribution >= 4 is 5.97 Å². The minimum absolute atomic E-state index is 0.0523. The number of benzene rings is 1. The molecule has 1 aliphatic rings. The number of fused-ring (bicyclic) bond motifs is 1. The van der Waals surface area contributed by atoms with Crippen LogP contribution in [0.2, 0.25) is 0 Å². The summed E-state index contributed by atoms with van der Waals surface area (Å²) in [7, 11) is 1.44. The van der Waals surface area contributed by atoms with Gasteiger partial charge in [-0.15, -0.1) is 0 Å². The Morgan fingerprint density at radius 2 is 2.16 bits per heavy atom. The normalized spacial score (nSPS) is 17.8. The molecule has 0 spiro atoms. The highest BCUT2D eigenvalue weighted by Gasteiger charge is 2.26. The molecule has 1 aromatic heterocycles. The summed E-state index contributed by atoms with van der Waals surface area (Å²) in [6.07, 6.45) is 3.56. The number of rotatable bonds is 2. The maximum atomic E-state index is 11.6. The molecule has 0 amide bonds. The van der Waals surface area contributed by atoms with Crippen LogP contribution in [-0.4, -0.2) is 22.6 Å². The van der Waals surface area contributed by atoms with Crippen LogP contribution in [0.4, 0.5) is 0 Å². The SMILES string of the molecule is COC(=O)C1CCn2cc(-c3ccccc3)nc2C1. The molecule has 98 valence electrons. The van der Waals surface area contributed by atoms with Crippen molar-refractivity contribution in [2.75, 3.05) is 7.11 Å². The first-order valence-electron chi connectivity index (χ1n) is 6.47. The zero-order valence-electron chi connectivity index (χ0n) is 10.9. The zero-order valence-corrected chi connectivity index (χ0v) is 10.9. The first-order valence-corrected chi connectivity index (χ1v) is 6.47. The summed E-state index contributed by atoms with van der Waals surface area (Å²) in [5, 5.41) is 0. The maximum absolute atomic E-state index is 11.6. The molecule has 0 bridgehead atoms. The fourth-order valence-corrected chi connectivity index (χ4v) is 2.54. The molecular formula is C15H16N2O2. The number of carbonyl (C=O) groups excluding carboxylic acids is 1. The maximum Gasteiger partial charge on any atom is 0.309 e. The van der Waals surface area contributed by atoms with Crippen LogP contribution in [0.3, 0.4) is 0 Å². The van der Waals surface area contributed by atoms with Crippen molar-refractivity contribution in [1.82, 2.24) is 9.55 Å². The lowest BCUT2D eigenvalue weighted by atomic mass is 9.98. The van der Waals surface area contributed by atoms with Crippen LogP contribution < -0.4 is 0 Å². The van der Waals surface area contributed by atoms with E-state index in [9.17, 15) is 4.79 Å². The first kappa shape index (κ1) is 12.0. The number of aromatic nitrogens is 2. The number of methoxy groups -OCH3 is 1. The number of hydrogen-bond acceptors (Lipinski definition) is 3. The molecule has 1 unspecified atom stereocenters. The number of hydrogen-bond donors (Lipinski definition) is 0. The highest BCUT2D eigenvalue weighted by Crippen LogP contribution is 2.25. The monoisotopic (exact) mass is 256 g/mol. The van der Waals surface area contributed by atoms with Gasteiger partial charge in [0.05, 0.1) is 18.7 Å². The third-order valence-corrected chi connectivity index (χ3v) is 3.61. The van der Waals surface area contributed by atoms with E-state index in [1.807, 2.05) is 30.3 Å². The Bertz CT molecular complexity index is 589. The Labute approximate surface area is 112 Å². The van der Waals surface area contributed by atoms with Gasteiger partial charge in [-0.1, -0.05) is 30.3 Å². The fraction of sp³-hybridized carbons (Fsp3) is 0.333. The van der Waals surface area contributed by atoms with E-state index in [-0.39, 0.29) is 11.9 Å². The average Bonchev–Trinajstić information content (AvgIpc) is 2.90. The van der Waals surface area contributed by atoms with Gasteiger partial charge in [-0.2, -0.15) is 0 Å². The van der Waals surface area contributed by atoms with Crippen molar-refractivity contribution in [3.63, 3.8) is 0 Å². The van der Waals surface area contributed by atoms with Crippen LogP contribution in [0, 0.1) is 5.92 Å². The zero-order chi connectivity index (χ0) is 13.2. The molecule has 0 saturated carbocycles. The Morgan fingerprint density at radius 1 is 1.37 bits per heavy atom. The van der Waals surface area contributed by atoms with E-state index in [0.717, 1.165) is 30.0 Å². The Kier molecular flexibility index (Phi) is 3.07. The van der Waals surface area contributed by atoms with Crippen molar-refractivity contribution in [2.24, 2.45) is 5.92 Å². The standard InChI is InChI=1S/C15H16N2O2/c1-19-15(18)12-7-8-17-10-13(16-14(17)9-12)11-5-3-2-4-6-11/h2-6,10,12H,7-9H2,1H3. The number of imidazole rings is 1. The number of esters is 1. The van der Waals surface area contributed by atoms with Gasteiger partial charge in [0, 0.05) is 24.7 Å². The van der Waals surface area contributed by atoms with E-state index in [2.05, 4.69) is 15.7 Å². The second kappa shape index (κ2) is 4.88. The minimum atomic E-state index is -0.129. The van der Waals surface area contributed by atoms with E-state index < -0.39 is 0 Å². The largest absolute Gasteiger partial charge is 0.469 e. The van der Waals surface area contributed by atoms with Crippen molar-refractivity contribution in [3.05, 3.63) is 42.4 Å². The molecule has 2 heterocycles. The smallest absolute Gasteiger partial charge is 0.309 e. The van der Waals surface area contributed by atoms with Gasteiger partial charge in [0.25, 0.3) is 0 Å². The lowest BCUT2D eigenvalue weighted by Gasteiger charge is -2.20. The third-order valence-electron chi connectivity index (χ3n) is 3.61. The first-order chi connectivity index (χ1) is 9.28. The molecule has 3 rings (SSSR count). The molecule has 0 fully saturated rings. The van der Waals surface area contributed by atoms with Crippen LogP contribution in [-0.2, 0) is 22.5 Å². The number of aryl methyl sites for hydroxylation is 1. The predicted octanol–water partition coefficient (Wildman–Crippen LogP) is 2.29. The van der Waals surface area contributed by atoms with Gasteiger partial charge in [-0.3, -0.25) is 4.79 Å². The van der Waals surface area contributed by atoms with E-state index in [4.69, 9.17) is 4.74 Å². The summed E-state index contributed by atoms with van der Waals surface area (Å²) < 4.78 is 6.96. The molecule has 1 atom stereocenters. The molecule has 4 nitrogen and oxygen atoms in total. The van der Waals surface area contributed by atoms with Gasteiger partial charge in [0.2, 0.25) is 0 Å². The van der Waals surface area contributed by atoms with E-state index >= 15 is 0 Å². The summed E-state index contributed by atoms with van der Waals surface area (Å²) in [5.74, 6) is 0.791. The number of nitrogens with zero attached hydrogens (tertiary/aromatic N) is 2. The lowest BCUT2D eigenvalue weighted by Crippen LogP contribution is -2.26. The Balaban J connectivity index is 1.87. The number of ether oxygens (including phenoxy) is 1. The lowest BCUT2D eigenvalue weighted by molar-refractivity contribution is -0.146. The molecule has 19 heavy (non-hydrogen) atoms.